The molecule has 6 nitrogen and oxygen atoms in total. The summed E-state index contributed by atoms with van der Waals surface area (Å²) in [7, 11) is 0. The van der Waals surface area contributed by atoms with Gasteiger partial charge in [-0.2, -0.15) is 39.5 Å². The number of aliphatic carboxylic acids is 1. The van der Waals surface area contributed by atoms with Gasteiger partial charge in [0.1, 0.15) is 0 Å². The highest BCUT2D eigenvalue weighted by atomic mass is 35.5. The average Bonchev–Trinajstić information content (AvgIpc) is 3.05. The first-order chi connectivity index (χ1) is 16.9. The number of hydrogen-bond acceptors (Lipinski definition) is 4. The van der Waals surface area contributed by atoms with E-state index in [4.69, 9.17) is 21.5 Å². The van der Waals surface area contributed by atoms with E-state index < -0.39 is 53.1 Å². The van der Waals surface area contributed by atoms with Crippen LogP contribution in [-0.2, 0) is 17.1 Å². The van der Waals surface area contributed by atoms with Crippen LogP contribution >= 0.6 is 11.6 Å². The number of benzene rings is 2. The van der Waals surface area contributed by atoms with Gasteiger partial charge in [-0.15, -0.1) is 0 Å². The van der Waals surface area contributed by atoms with E-state index in [1.165, 1.54) is 11.0 Å². The fraction of sp³-hybridized carbons (Fsp3) is 0.333. The maximum atomic E-state index is 13.7. The zero-order valence-electron chi connectivity index (χ0n) is 18.1. The average molecular weight is 564 g/mol. The van der Waals surface area contributed by atoms with Gasteiger partial charge in [-0.05, 0) is 35.9 Å². The van der Waals surface area contributed by atoms with Crippen molar-refractivity contribution in [1.29, 1.82) is 0 Å². The van der Waals surface area contributed by atoms with Crippen molar-refractivity contribution in [2.45, 2.75) is 24.6 Å². The highest BCUT2D eigenvalue weighted by Gasteiger charge is 2.46. The fourth-order valence-corrected chi connectivity index (χ4v) is 3.95. The number of rotatable bonds is 2. The molecule has 2 aromatic rings. The number of amides is 1. The Bertz CT molecular complexity index is 1210. The Labute approximate surface area is 207 Å². The Morgan fingerprint density at radius 3 is 2.19 bits per heavy atom. The molecular weight excluding hydrogens is 549 g/mol. The van der Waals surface area contributed by atoms with Gasteiger partial charge >= 0.3 is 24.5 Å². The minimum atomic E-state index is -5.08. The highest BCUT2D eigenvalue weighted by Crippen LogP contribution is 2.44. The maximum Gasteiger partial charge on any atom is 0.490 e. The third kappa shape index (κ3) is 6.21. The third-order valence-electron chi connectivity index (χ3n) is 5.37. The fourth-order valence-electron chi connectivity index (χ4n) is 3.78. The molecule has 0 unspecified atom stereocenters. The van der Waals surface area contributed by atoms with Crippen molar-refractivity contribution >= 4 is 34.9 Å². The molecule has 16 heteroatoms. The van der Waals surface area contributed by atoms with Crippen LogP contribution < -0.4 is 10.6 Å². The number of fused-ring (bicyclic) bond motifs is 3. The Hall–Kier alpha value is -3.20. The molecule has 2 aliphatic rings. The second kappa shape index (κ2) is 9.93. The van der Waals surface area contributed by atoms with E-state index in [0.29, 0.717) is 6.54 Å². The molecule has 2 aliphatic heterocycles. The van der Waals surface area contributed by atoms with E-state index in [1.807, 2.05) is 0 Å². The number of alkyl halides is 9. The lowest BCUT2D eigenvalue weighted by Gasteiger charge is -2.30. The summed E-state index contributed by atoms with van der Waals surface area (Å²) in [5.74, 6) is -3.46. The summed E-state index contributed by atoms with van der Waals surface area (Å²) in [6.07, 6.45) is -14.5. The third-order valence-corrected chi connectivity index (χ3v) is 5.70. The van der Waals surface area contributed by atoms with Crippen LogP contribution in [0.15, 0.2) is 30.3 Å². The topological polar surface area (TPSA) is 81.7 Å². The lowest BCUT2D eigenvalue weighted by atomic mass is 9.97. The summed E-state index contributed by atoms with van der Waals surface area (Å²) in [6, 6.07) is 4.02. The zero-order chi connectivity index (χ0) is 27.9. The number of hydrogen-bond donors (Lipinski definition) is 3. The van der Waals surface area contributed by atoms with E-state index in [0.717, 1.165) is 24.3 Å². The van der Waals surface area contributed by atoms with Crippen LogP contribution in [0.3, 0.4) is 0 Å². The molecule has 1 fully saturated rings. The SMILES string of the molecule is O=C(O)C(F)(F)F.O=C1c2c(cc(Nc3cc(C(F)(F)F)ccc3Cl)cc2C(F)(F)F)[C@@H]2CNCCN12. The summed E-state index contributed by atoms with van der Waals surface area (Å²) < 4.78 is 112. The summed E-state index contributed by atoms with van der Waals surface area (Å²) in [4.78, 5) is 22.9. The van der Waals surface area contributed by atoms with Gasteiger partial charge in [0, 0.05) is 25.3 Å². The highest BCUT2D eigenvalue weighted by molar-refractivity contribution is 6.33. The standard InChI is InChI=1S/C19H14ClF6N3O.C2HF3O2/c20-13-2-1-9(18(21,22)23)5-14(13)28-10-6-11-15-8-27-3-4-29(15)17(30)16(11)12(7-10)19(24,25)26;3-2(4,5)1(6)7/h1-2,5-7,15,27-28H,3-4,8H2;(H,6,7)/t15-;/m0./s1. The summed E-state index contributed by atoms with van der Waals surface area (Å²) in [5, 5.41) is 12.6. The number of halogens is 10. The Kier molecular flexibility index (Phi) is 7.61. The van der Waals surface area contributed by atoms with Gasteiger partial charge in [-0.3, -0.25) is 4.79 Å². The van der Waals surface area contributed by atoms with Gasteiger partial charge in [0.05, 0.1) is 33.4 Å². The molecule has 0 aromatic heterocycles. The molecule has 37 heavy (non-hydrogen) atoms. The number of carboxylic acid groups (broad SMARTS) is 1. The van der Waals surface area contributed by atoms with Crippen LogP contribution in [0.4, 0.5) is 50.9 Å². The molecular formula is C21H15ClF9N3O3. The first-order valence-corrected chi connectivity index (χ1v) is 10.5. The van der Waals surface area contributed by atoms with Gasteiger partial charge < -0.3 is 20.6 Å². The van der Waals surface area contributed by atoms with Crippen molar-refractivity contribution in [2.75, 3.05) is 25.0 Å². The second-order valence-electron chi connectivity index (χ2n) is 7.82. The predicted octanol–water partition coefficient (Wildman–Crippen LogP) is 5.85. The van der Waals surface area contributed by atoms with Crippen molar-refractivity contribution in [1.82, 2.24) is 10.2 Å². The van der Waals surface area contributed by atoms with Crippen molar-refractivity contribution in [3.63, 3.8) is 0 Å². The molecule has 0 radical (unpaired) electrons. The zero-order valence-corrected chi connectivity index (χ0v) is 18.8. The first kappa shape index (κ1) is 28.4. The van der Waals surface area contributed by atoms with E-state index in [2.05, 4.69) is 10.6 Å². The minimum Gasteiger partial charge on any atom is -0.475 e. The normalized spacial score (nSPS) is 17.5. The van der Waals surface area contributed by atoms with E-state index in [1.54, 1.807) is 0 Å². The minimum absolute atomic E-state index is 0.0888. The lowest BCUT2D eigenvalue weighted by Crippen LogP contribution is -2.44. The van der Waals surface area contributed by atoms with Gasteiger partial charge in [0.15, 0.2) is 0 Å². The molecule has 1 saturated heterocycles. The molecule has 0 spiro atoms. The number of carbonyl (C=O) groups is 2. The lowest BCUT2D eigenvalue weighted by molar-refractivity contribution is -0.192. The molecule has 202 valence electrons. The number of nitrogens with zero attached hydrogens (tertiary/aromatic N) is 1. The van der Waals surface area contributed by atoms with Gasteiger partial charge in [0.2, 0.25) is 0 Å². The second-order valence-corrected chi connectivity index (χ2v) is 8.23. The van der Waals surface area contributed by atoms with E-state index >= 15 is 0 Å². The molecule has 1 amide bonds. The Morgan fingerprint density at radius 2 is 1.65 bits per heavy atom. The molecule has 2 aromatic carbocycles. The van der Waals surface area contributed by atoms with Crippen molar-refractivity contribution < 1.29 is 54.2 Å². The summed E-state index contributed by atoms with van der Waals surface area (Å²) in [6.45, 7) is 1.00. The molecule has 0 bridgehead atoms. The number of piperazine rings is 1. The number of anilines is 2. The molecule has 0 aliphatic carbocycles. The van der Waals surface area contributed by atoms with Crippen molar-refractivity contribution in [3.8, 4) is 0 Å². The van der Waals surface area contributed by atoms with Crippen LogP contribution in [0.25, 0.3) is 0 Å². The molecule has 3 N–H and O–H groups in total. The molecule has 4 rings (SSSR count). The van der Waals surface area contributed by atoms with Crippen LogP contribution in [0.2, 0.25) is 5.02 Å². The quantitative estimate of drug-likeness (QED) is 0.399. The van der Waals surface area contributed by atoms with Gasteiger partial charge in [0.25, 0.3) is 5.91 Å². The summed E-state index contributed by atoms with van der Waals surface area (Å²) >= 11 is 5.95. The van der Waals surface area contributed by atoms with Gasteiger partial charge in [-0.25, -0.2) is 4.79 Å². The Morgan fingerprint density at radius 1 is 1.03 bits per heavy atom. The van der Waals surface area contributed by atoms with Crippen LogP contribution in [0.1, 0.15) is 33.1 Å². The molecule has 2 heterocycles. The van der Waals surface area contributed by atoms with Crippen LogP contribution in [0, 0.1) is 0 Å². The first-order valence-electron chi connectivity index (χ1n) is 10.1. The van der Waals surface area contributed by atoms with Crippen LogP contribution in [-0.4, -0.2) is 47.7 Å². The smallest absolute Gasteiger partial charge is 0.475 e. The number of carboxylic acids is 1. The largest absolute Gasteiger partial charge is 0.490 e. The van der Waals surface area contributed by atoms with Crippen molar-refractivity contribution in [3.05, 3.63) is 57.6 Å². The van der Waals surface area contributed by atoms with E-state index in [9.17, 15) is 44.3 Å². The monoisotopic (exact) mass is 563 g/mol. The van der Waals surface area contributed by atoms with E-state index in [-0.39, 0.29) is 35.1 Å². The number of carbonyl (C=O) groups excluding carboxylic acids is 1. The van der Waals surface area contributed by atoms with Gasteiger partial charge in [-0.1, -0.05) is 11.6 Å². The summed E-state index contributed by atoms with van der Waals surface area (Å²) in [5.41, 5.74) is -2.68. The maximum absolute atomic E-state index is 13.7. The number of nitrogens with one attached hydrogen (secondary N) is 2. The predicted molar refractivity (Wildman–Crippen MR) is 112 cm³/mol. The Balaban J connectivity index is 0.000000479. The van der Waals surface area contributed by atoms with Crippen LogP contribution in [0.5, 0.6) is 0 Å². The van der Waals surface area contributed by atoms with Crippen molar-refractivity contribution in [2.24, 2.45) is 0 Å². The molecule has 0 saturated carbocycles. The molecule has 1 atom stereocenters.